The van der Waals surface area contributed by atoms with Gasteiger partial charge in [0.1, 0.15) is 17.2 Å². The molecule has 2 rings (SSSR count). The van der Waals surface area contributed by atoms with E-state index in [1.54, 1.807) is 12.1 Å². The highest BCUT2D eigenvalue weighted by Gasteiger charge is 2.22. The van der Waals surface area contributed by atoms with Crippen LogP contribution < -0.4 is 9.47 Å². The largest absolute Gasteiger partial charge is 0.508 e. The normalized spacial score (nSPS) is 11.8. The lowest BCUT2D eigenvalue weighted by Crippen LogP contribution is -2.09. The second kappa shape index (κ2) is 8.24. The van der Waals surface area contributed by atoms with Crippen LogP contribution in [0, 0.1) is 0 Å². The predicted octanol–water partition coefficient (Wildman–Crippen LogP) is 3.80. The Morgan fingerprint density at radius 1 is 1.17 bits per heavy atom. The van der Waals surface area contributed by atoms with Crippen molar-refractivity contribution in [1.82, 2.24) is 0 Å². The highest BCUT2D eigenvalue weighted by Crippen LogP contribution is 2.37. The van der Waals surface area contributed by atoms with E-state index in [1.165, 1.54) is 13.2 Å². The van der Waals surface area contributed by atoms with Crippen molar-refractivity contribution in [3.8, 4) is 17.2 Å². The third-order valence-corrected chi connectivity index (χ3v) is 3.73. The van der Waals surface area contributed by atoms with Crippen LogP contribution in [-0.2, 0) is 4.79 Å². The Morgan fingerprint density at radius 2 is 1.96 bits per heavy atom. The van der Waals surface area contributed by atoms with Crippen molar-refractivity contribution in [2.75, 3.05) is 13.7 Å². The number of methoxy groups -OCH3 is 1. The fourth-order valence-corrected chi connectivity index (χ4v) is 2.57. The summed E-state index contributed by atoms with van der Waals surface area (Å²) in [5.41, 5.74) is 1.33. The molecule has 0 fully saturated rings. The Labute approximate surface area is 141 Å². The molecule has 0 aromatic heterocycles. The third kappa shape index (κ3) is 4.41. The van der Waals surface area contributed by atoms with Gasteiger partial charge < -0.3 is 19.7 Å². The summed E-state index contributed by atoms with van der Waals surface area (Å²) in [6.45, 7) is 2.62. The Hall–Kier alpha value is -2.69. The molecule has 0 aliphatic heterocycles. The maximum Gasteiger partial charge on any atom is 0.304 e. The number of aliphatic carboxylic acids is 1. The minimum absolute atomic E-state index is 0.0143. The molecule has 2 aromatic rings. The highest BCUT2D eigenvalue weighted by atomic mass is 16.5. The maximum absolute atomic E-state index is 11.3. The van der Waals surface area contributed by atoms with Gasteiger partial charge in [0.25, 0.3) is 0 Å². The van der Waals surface area contributed by atoms with Crippen molar-refractivity contribution in [1.29, 1.82) is 0 Å². The summed E-state index contributed by atoms with van der Waals surface area (Å²) in [6.07, 6.45) is 0.763. The predicted molar refractivity (Wildman–Crippen MR) is 91.0 cm³/mol. The second-order valence-corrected chi connectivity index (χ2v) is 5.50. The lowest BCUT2D eigenvalue weighted by Gasteiger charge is -2.19. The molecule has 2 aromatic carbocycles. The first-order valence-electron chi connectivity index (χ1n) is 7.86. The van der Waals surface area contributed by atoms with Crippen molar-refractivity contribution in [2.24, 2.45) is 0 Å². The highest BCUT2D eigenvalue weighted by molar-refractivity contribution is 5.69. The van der Waals surface area contributed by atoms with E-state index in [0.29, 0.717) is 23.7 Å². The van der Waals surface area contributed by atoms with E-state index in [9.17, 15) is 15.0 Å². The van der Waals surface area contributed by atoms with Crippen LogP contribution in [0.25, 0.3) is 0 Å². The first kappa shape index (κ1) is 17.7. The topological polar surface area (TPSA) is 76.0 Å². The van der Waals surface area contributed by atoms with Crippen LogP contribution in [0.3, 0.4) is 0 Å². The van der Waals surface area contributed by atoms with Crippen LogP contribution >= 0.6 is 0 Å². The van der Waals surface area contributed by atoms with Crippen molar-refractivity contribution < 1.29 is 24.5 Å². The van der Waals surface area contributed by atoms with E-state index in [1.807, 2.05) is 31.2 Å². The average molecular weight is 330 g/mol. The molecule has 0 saturated carbocycles. The molecule has 0 aliphatic rings. The number of carboxylic acid groups (broad SMARTS) is 1. The van der Waals surface area contributed by atoms with Gasteiger partial charge in [0.05, 0.1) is 20.1 Å². The number of carbonyl (C=O) groups is 1. The van der Waals surface area contributed by atoms with Crippen molar-refractivity contribution in [3.63, 3.8) is 0 Å². The second-order valence-electron chi connectivity index (χ2n) is 5.50. The van der Waals surface area contributed by atoms with Crippen molar-refractivity contribution >= 4 is 5.97 Å². The van der Waals surface area contributed by atoms with E-state index < -0.39 is 11.9 Å². The minimum atomic E-state index is -0.935. The van der Waals surface area contributed by atoms with E-state index in [4.69, 9.17) is 9.47 Å². The molecular weight excluding hydrogens is 308 g/mol. The van der Waals surface area contributed by atoms with E-state index in [2.05, 4.69) is 0 Å². The smallest absolute Gasteiger partial charge is 0.304 e. The molecule has 2 N–H and O–H groups in total. The molecule has 0 radical (unpaired) electrons. The van der Waals surface area contributed by atoms with Crippen LogP contribution in [0.1, 0.15) is 36.8 Å². The molecule has 0 unspecified atom stereocenters. The van der Waals surface area contributed by atoms with Gasteiger partial charge in [-0.05, 0) is 30.2 Å². The summed E-state index contributed by atoms with van der Waals surface area (Å²) >= 11 is 0. The molecule has 24 heavy (non-hydrogen) atoms. The Kier molecular flexibility index (Phi) is 6.07. The van der Waals surface area contributed by atoms with Crippen LogP contribution in [0.2, 0.25) is 0 Å². The monoisotopic (exact) mass is 330 g/mol. The summed E-state index contributed by atoms with van der Waals surface area (Å²) in [7, 11) is 1.51. The summed E-state index contributed by atoms with van der Waals surface area (Å²) in [5.74, 6) is -0.183. The van der Waals surface area contributed by atoms with E-state index in [-0.39, 0.29) is 12.2 Å². The van der Waals surface area contributed by atoms with Crippen LogP contribution in [0.4, 0.5) is 0 Å². The zero-order chi connectivity index (χ0) is 17.5. The molecule has 0 spiro atoms. The van der Waals surface area contributed by atoms with Crippen molar-refractivity contribution in [2.45, 2.75) is 25.7 Å². The number of rotatable bonds is 8. The zero-order valence-electron chi connectivity index (χ0n) is 13.9. The molecule has 128 valence electrons. The zero-order valence-corrected chi connectivity index (χ0v) is 13.9. The Balaban J connectivity index is 2.40. The summed E-state index contributed by atoms with van der Waals surface area (Å²) < 4.78 is 10.7. The van der Waals surface area contributed by atoms with Gasteiger partial charge >= 0.3 is 5.97 Å². The van der Waals surface area contributed by atoms with Gasteiger partial charge in [-0.15, -0.1) is 0 Å². The van der Waals surface area contributed by atoms with Gasteiger partial charge in [0.15, 0.2) is 0 Å². The standard InChI is InChI=1S/C19H22O5/c1-3-9-24-15-6-4-5-13(10-15)17(12-19(21)22)16-8-7-14(23-2)11-18(16)20/h4-8,10-11,17,20H,3,9,12H2,1-2H3,(H,21,22)/t17-/m0/s1. The number of hydrogen-bond acceptors (Lipinski definition) is 4. The fourth-order valence-electron chi connectivity index (χ4n) is 2.57. The van der Waals surface area contributed by atoms with Gasteiger partial charge in [-0.3, -0.25) is 4.79 Å². The van der Waals surface area contributed by atoms with Gasteiger partial charge in [0, 0.05) is 17.5 Å². The van der Waals surface area contributed by atoms with Gasteiger partial charge in [-0.2, -0.15) is 0 Å². The maximum atomic E-state index is 11.3. The molecular formula is C19H22O5. The quantitative estimate of drug-likeness (QED) is 0.770. The molecule has 0 heterocycles. The summed E-state index contributed by atoms with van der Waals surface area (Å²) in [6, 6.07) is 12.2. The number of phenolic OH excluding ortho intramolecular Hbond substituents is 1. The Bertz CT molecular complexity index is 696. The molecule has 5 heteroatoms. The average Bonchev–Trinajstić information content (AvgIpc) is 2.58. The summed E-state index contributed by atoms with van der Waals surface area (Å²) in [4.78, 5) is 11.3. The van der Waals surface area contributed by atoms with Crippen LogP contribution in [-0.4, -0.2) is 29.9 Å². The van der Waals surface area contributed by atoms with Crippen LogP contribution in [0.5, 0.6) is 17.2 Å². The first-order valence-corrected chi connectivity index (χ1v) is 7.86. The van der Waals surface area contributed by atoms with Crippen LogP contribution in [0.15, 0.2) is 42.5 Å². The minimum Gasteiger partial charge on any atom is -0.508 e. The van der Waals surface area contributed by atoms with Gasteiger partial charge in [-0.25, -0.2) is 0 Å². The van der Waals surface area contributed by atoms with Crippen molar-refractivity contribution in [3.05, 3.63) is 53.6 Å². The molecule has 0 aliphatic carbocycles. The number of benzene rings is 2. The number of phenols is 1. The van der Waals surface area contributed by atoms with Gasteiger partial charge in [-0.1, -0.05) is 25.1 Å². The van der Waals surface area contributed by atoms with E-state index >= 15 is 0 Å². The molecule has 0 amide bonds. The van der Waals surface area contributed by atoms with Gasteiger partial charge in [0.2, 0.25) is 0 Å². The van der Waals surface area contributed by atoms with E-state index in [0.717, 1.165) is 12.0 Å². The Morgan fingerprint density at radius 3 is 2.58 bits per heavy atom. The first-order chi connectivity index (χ1) is 11.5. The fraction of sp³-hybridized carbons (Fsp3) is 0.316. The summed E-state index contributed by atoms with van der Waals surface area (Å²) in [5, 5.41) is 19.5. The lowest BCUT2D eigenvalue weighted by molar-refractivity contribution is -0.137. The number of hydrogen-bond donors (Lipinski definition) is 2. The number of aromatic hydroxyl groups is 1. The molecule has 0 bridgehead atoms. The molecule has 1 atom stereocenters. The number of ether oxygens (including phenoxy) is 2. The SMILES string of the molecule is CCCOc1cccc([C@H](CC(=O)O)c2ccc(OC)cc2O)c1. The molecule has 0 saturated heterocycles. The number of carboxylic acids is 1. The molecule has 5 nitrogen and oxygen atoms in total. The lowest BCUT2D eigenvalue weighted by atomic mass is 9.87. The third-order valence-electron chi connectivity index (χ3n) is 3.73.